The summed E-state index contributed by atoms with van der Waals surface area (Å²) in [4.78, 5) is 43.8. The van der Waals surface area contributed by atoms with E-state index in [-0.39, 0.29) is 40.9 Å². The second-order valence-electron chi connectivity index (χ2n) is 12.4. The van der Waals surface area contributed by atoms with Crippen molar-refractivity contribution in [3.05, 3.63) is 97.0 Å². The summed E-state index contributed by atoms with van der Waals surface area (Å²) in [5.74, 6) is -0.583. The summed E-state index contributed by atoms with van der Waals surface area (Å²) >= 11 is 2.93. The minimum atomic E-state index is -4.66. The topological polar surface area (TPSA) is 125 Å². The summed E-state index contributed by atoms with van der Waals surface area (Å²) in [5.41, 5.74) is 1.66. The average molecular weight is 781 g/mol. The molecule has 2 aliphatic rings. The van der Waals surface area contributed by atoms with Gasteiger partial charge < -0.3 is 9.80 Å². The van der Waals surface area contributed by atoms with E-state index >= 15 is 0 Å². The Morgan fingerprint density at radius 2 is 1.74 bits per heavy atom. The molecule has 0 unspecified atom stereocenters. The molecule has 0 radical (unpaired) electrons. The van der Waals surface area contributed by atoms with Crippen LogP contribution >= 0.6 is 23.8 Å². The summed E-state index contributed by atoms with van der Waals surface area (Å²) in [6.07, 6.45) is -0.00678. The maximum Gasteiger partial charge on any atom is 0.475 e. The quantitative estimate of drug-likeness (QED) is 0.137. The number of carbonyl (C=O) groups excluding carboxylic acids is 2. The number of benzene rings is 2. The van der Waals surface area contributed by atoms with Crippen LogP contribution in [0.4, 0.5) is 13.2 Å². The molecule has 2 aromatic heterocycles. The Balaban J connectivity index is 1.36. The average Bonchev–Trinajstić information content (AvgIpc) is 3.83. The number of hydrogen-bond acceptors (Lipinski definition) is 8. The van der Waals surface area contributed by atoms with Gasteiger partial charge in [-0.15, -0.1) is 0 Å². The summed E-state index contributed by atoms with van der Waals surface area (Å²) in [5, 5.41) is 4.66. The number of rotatable bonds is 10. The molecule has 1 aliphatic heterocycles. The normalized spacial score (nSPS) is 16.5. The van der Waals surface area contributed by atoms with Crippen LogP contribution in [0.5, 0.6) is 0 Å². The van der Waals surface area contributed by atoms with Crippen molar-refractivity contribution >= 4 is 41.2 Å². The molecule has 0 saturated heterocycles. The largest absolute Gasteiger partial charge is 0.475 e. The molecular formula is C33H34BrF3N5O7P. The summed E-state index contributed by atoms with van der Waals surface area (Å²) in [6.45, 7) is 1.34. The lowest BCUT2D eigenvalue weighted by atomic mass is 9.97. The van der Waals surface area contributed by atoms with Crippen LogP contribution < -0.4 is 5.56 Å². The zero-order chi connectivity index (χ0) is 36.1. The van der Waals surface area contributed by atoms with Gasteiger partial charge in [-0.3, -0.25) is 32.5 Å². The van der Waals surface area contributed by atoms with E-state index < -0.39 is 37.4 Å². The van der Waals surface area contributed by atoms with Gasteiger partial charge >= 0.3 is 14.0 Å². The van der Waals surface area contributed by atoms with Crippen LogP contribution in [0.15, 0.2) is 57.9 Å². The maximum absolute atomic E-state index is 14.4. The van der Waals surface area contributed by atoms with E-state index in [1.54, 1.807) is 46.5 Å². The Hall–Kier alpha value is -3.82. The number of carbonyl (C=O) groups is 2. The molecule has 0 N–H and O–H groups in total. The number of phosphoric acid groups is 1. The predicted molar refractivity (Wildman–Crippen MR) is 179 cm³/mol. The molecule has 1 atom stereocenters. The minimum Gasteiger partial charge on any atom is -0.330 e. The fourth-order valence-electron chi connectivity index (χ4n) is 6.08. The first-order valence-electron chi connectivity index (χ1n) is 15.7. The molecular weight excluding hydrogens is 746 g/mol. The molecule has 50 heavy (non-hydrogen) atoms. The van der Waals surface area contributed by atoms with Crippen LogP contribution in [0.1, 0.15) is 62.9 Å². The first kappa shape index (κ1) is 36.0. The van der Waals surface area contributed by atoms with Gasteiger partial charge in [0.05, 0.1) is 29.7 Å². The highest BCUT2D eigenvalue weighted by molar-refractivity contribution is 9.10. The van der Waals surface area contributed by atoms with Crippen molar-refractivity contribution in [2.24, 2.45) is 5.92 Å². The summed E-state index contributed by atoms with van der Waals surface area (Å²) < 4.78 is 70.9. The van der Waals surface area contributed by atoms with E-state index in [0.29, 0.717) is 34.9 Å². The summed E-state index contributed by atoms with van der Waals surface area (Å²) in [7, 11) is -0.0148. The number of hydrogen-bond donors (Lipinski definition) is 0. The van der Waals surface area contributed by atoms with Crippen LogP contribution in [-0.2, 0) is 43.7 Å². The van der Waals surface area contributed by atoms with E-state index in [9.17, 15) is 32.1 Å². The lowest BCUT2D eigenvalue weighted by Crippen LogP contribution is -2.46. The van der Waals surface area contributed by atoms with Crippen LogP contribution in [0.3, 0.4) is 0 Å². The maximum atomic E-state index is 14.4. The number of nitrogens with zero attached hydrogens (tertiary/aromatic N) is 5. The van der Waals surface area contributed by atoms with Gasteiger partial charge in [-0.2, -0.15) is 18.3 Å². The zero-order valence-electron chi connectivity index (χ0n) is 27.6. The highest BCUT2D eigenvalue weighted by atomic mass is 79.9. The van der Waals surface area contributed by atoms with Crippen molar-refractivity contribution in [2.45, 2.75) is 51.4 Å². The lowest BCUT2D eigenvalue weighted by molar-refractivity contribution is -0.138. The standard InChI is InChI=1S/C33H34BrF3N5O7P/c1-19-13-25-28(17-40(19)31(44)22-9-12-27(34)26(15-22)33(35,36)37)42-29(23(16-38-42)14-20-5-6-20)41(32(25)45)24-10-7-21(8-11-24)30(43)39(2)18-49-50(46,47-3)48-4/h7-12,15-16,19-20H,5-6,13-14,17-18H2,1-4H3/t19-/m0/s1. The number of alkyl halides is 3. The number of amides is 2. The van der Waals surface area contributed by atoms with Crippen molar-refractivity contribution < 1.29 is 40.9 Å². The third-order valence-corrected chi connectivity index (χ3v) is 11.0. The van der Waals surface area contributed by atoms with Gasteiger partial charge in [-0.05, 0) is 81.0 Å². The Morgan fingerprint density at radius 3 is 2.36 bits per heavy atom. The van der Waals surface area contributed by atoms with E-state index in [0.717, 1.165) is 38.7 Å². The van der Waals surface area contributed by atoms with Gasteiger partial charge in [0.25, 0.3) is 17.4 Å². The van der Waals surface area contributed by atoms with E-state index in [4.69, 9.17) is 13.6 Å². The molecule has 3 heterocycles. The fourth-order valence-corrected chi connectivity index (χ4v) is 7.23. The molecule has 2 aromatic carbocycles. The van der Waals surface area contributed by atoms with Gasteiger partial charge in [0.1, 0.15) is 12.4 Å². The molecule has 1 aliphatic carbocycles. The third kappa shape index (κ3) is 6.91. The van der Waals surface area contributed by atoms with E-state index in [1.807, 2.05) is 0 Å². The first-order chi connectivity index (χ1) is 23.7. The molecule has 0 bridgehead atoms. The van der Waals surface area contributed by atoms with Crippen LogP contribution in [0.25, 0.3) is 11.3 Å². The van der Waals surface area contributed by atoms with Crippen molar-refractivity contribution in [3.63, 3.8) is 0 Å². The van der Waals surface area contributed by atoms with Gasteiger partial charge in [0.15, 0.2) is 0 Å². The lowest BCUT2D eigenvalue weighted by Gasteiger charge is -2.35. The van der Waals surface area contributed by atoms with Crippen LogP contribution in [0.2, 0.25) is 0 Å². The highest BCUT2D eigenvalue weighted by Crippen LogP contribution is 2.47. The highest BCUT2D eigenvalue weighted by Gasteiger charge is 2.37. The fraction of sp³-hybridized carbons (Fsp3) is 0.394. The van der Waals surface area contributed by atoms with Crippen molar-refractivity contribution in [2.75, 3.05) is 28.0 Å². The molecule has 1 fully saturated rings. The molecule has 17 heteroatoms. The second-order valence-corrected chi connectivity index (χ2v) is 15.2. The molecule has 6 rings (SSSR count). The molecule has 4 aromatic rings. The van der Waals surface area contributed by atoms with Crippen molar-refractivity contribution in [1.29, 1.82) is 0 Å². The number of phosphoric ester groups is 1. The van der Waals surface area contributed by atoms with Gasteiger partial charge in [0, 0.05) is 54.0 Å². The minimum absolute atomic E-state index is 0.0369. The van der Waals surface area contributed by atoms with Gasteiger partial charge in [-0.1, -0.05) is 15.9 Å². The summed E-state index contributed by atoms with van der Waals surface area (Å²) in [6, 6.07) is 9.29. The van der Waals surface area contributed by atoms with Gasteiger partial charge in [-0.25, -0.2) is 9.08 Å². The Morgan fingerprint density at radius 1 is 1.08 bits per heavy atom. The molecule has 2 amide bonds. The Labute approximate surface area is 293 Å². The third-order valence-electron chi connectivity index (χ3n) is 9.01. The number of halogens is 4. The predicted octanol–water partition coefficient (Wildman–Crippen LogP) is 6.25. The first-order valence-corrected chi connectivity index (χ1v) is 17.9. The van der Waals surface area contributed by atoms with E-state index in [2.05, 4.69) is 21.0 Å². The molecule has 266 valence electrons. The SMILES string of the molecule is COP(=O)(OC)OCN(C)C(=O)c1ccc(-n2c(=O)c3c(n4ncc(CC5CC5)c24)CN(C(=O)c2ccc(Br)c(C(F)(F)F)c2)[C@@H](C)C3)cc1. The van der Waals surface area contributed by atoms with Crippen molar-refractivity contribution in [3.8, 4) is 5.69 Å². The zero-order valence-corrected chi connectivity index (χ0v) is 30.0. The number of fused-ring (bicyclic) bond motifs is 3. The molecule has 12 nitrogen and oxygen atoms in total. The molecule has 1 saturated carbocycles. The van der Waals surface area contributed by atoms with Crippen LogP contribution in [0, 0.1) is 5.92 Å². The monoisotopic (exact) mass is 779 g/mol. The second kappa shape index (κ2) is 13.7. The smallest absolute Gasteiger partial charge is 0.330 e. The van der Waals surface area contributed by atoms with Gasteiger partial charge in [0.2, 0.25) is 0 Å². The number of aromatic nitrogens is 3. The Kier molecular flexibility index (Phi) is 9.87. The Bertz CT molecular complexity index is 2070. The van der Waals surface area contributed by atoms with E-state index in [1.165, 1.54) is 29.0 Å². The van der Waals surface area contributed by atoms with Crippen LogP contribution in [-0.4, -0.2) is 69.8 Å². The van der Waals surface area contributed by atoms with Crippen molar-refractivity contribution in [1.82, 2.24) is 24.0 Å². The molecule has 0 spiro atoms.